The van der Waals surface area contributed by atoms with Crippen LogP contribution in [0.15, 0.2) is 182 Å². The summed E-state index contributed by atoms with van der Waals surface area (Å²) in [5.74, 6) is 0. The Kier molecular flexibility index (Phi) is 6.84. The zero-order chi connectivity index (χ0) is 33.0. The standard InChI is InChI=1S/C47H36N2/c1-47(2)43-19-11-10-18-41(43)42-30-29-40(32-44(42)47)48(38-25-21-34(22-26-38)33-13-5-3-6-14-33)39-27-23-35(24-28-39)46-31-36-15-9-12-20-45(36)49(46)37-16-7-4-8-17-37/h3-32H,1-2H3. The van der Waals surface area contributed by atoms with E-state index in [2.05, 4.69) is 205 Å². The number of rotatable bonds is 6. The van der Waals surface area contributed by atoms with E-state index in [-0.39, 0.29) is 5.41 Å². The summed E-state index contributed by atoms with van der Waals surface area (Å²) < 4.78 is 2.37. The summed E-state index contributed by atoms with van der Waals surface area (Å²) in [7, 11) is 0. The molecule has 234 valence electrons. The van der Waals surface area contributed by atoms with E-state index in [4.69, 9.17) is 0 Å². The molecule has 1 aliphatic carbocycles. The SMILES string of the molecule is CC1(C)c2ccccc2-c2ccc(N(c3ccc(-c4ccccc4)cc3)c3ccc(-c4cc5ccccc5n4-c4ccccc4)cc3)cc21. The van der Waals surface area contributed by atoms with Gasteiger partial charge < -0.3 is 9.47 Å². The highest BCUT2D eigenvalue weighted by molar-refractivity contribution is 5.90. The van der Waals surface area contributed by atoms with Gasteiger partial charge in [0.2, 0.25) is 0 Å². The van der Waals surface area contributed by atoms with Crippen molar-refractivity contribution in [2.45, 2.75) is 19.3 Å². The van der Waals surface area contributed by atoms with Crippen LogP contribution in [0.5, 0.6) is 0 Å². The summed E-state index contributed by atoms with van der Waals surface area (Å²) in [5.41, 5.74) is 15.9. The summed E-state index contributed by atoms with van der Waals surface area (Å²) in [6.45, 7) is 4.70. The molecule has 1 aliphatic rings. The molecule has 0 N–H and O–H groups in total. The van der Waals surface area contributed by atoms with Crippen molar-refractivity contribution in [3.05, 3.63) is 193 Å². The van der Waals surface area contributed by atoms with Crippen molar-refractivity contribution in [1.82, 2.24) is 4.57 Å². The van der Waals surface area contributed by atoms with Gasteiger partial charge in [-0.3, -0.25) is 0 Å². The third-order valence-electron chi connectivity index (χ3n) is 10.2. The van der Waals surface area contributed by atoms with E-state index >= 15 is 0 Å². The Labute approximate surface area is 288 Å². The summed E-state index contributed by atoms with van der Waals surface area (Å²) >= 11 is 0. The van der Waals surface area contributed by atoms with E-state index in [0.717, 1.165) is 22.7 Å². The van der Waals surface area contributed by atoms with Gasteiger partial charge in [-0.1, -0.05) is 135 Å². The lowest BCUT2D eigenvalue weighted by Crippen LogP contribution is -2.16. The first kappa shape index (κ1) is 29.1. The molecule has 1 aromatic heterocycles. The lowest BCUT2D eigenvalue weighted by molar-refractivity contribution is 0.660. The molecular formula is C47H36N2. The third kappa shape index (κ3) is 4.88. The second-order valence-corrected chi connectivity index (χ2v) is 13.5. The van der Waals surface area contributed by atoms with E-state index < -0.39 is 0 Å². The Balaban J connectivity index is 1.17. The molecular weight excluding hydrogens is 593 g/mol. The lowest BCUT2D eigenvalue weighted by Gasteiger charge is -2.28. The molecule has 0 radical (unpaired) electrons. The Morgan fingerprint density at radius 3 is 1.71 bits per heavy atom. The van der Waals surface area contributed by atoms with Crippen LogP contribution in [0.25, 0.3) is 50.1 Å². The van der Waals surface area contributed by atoms with Crippen molar-refractivity contribution in [3.63, 3.8) is 0 Å². The van der Waals surface area contributed by atoms with Crippen molar-refractivity contribution >= 4 is 28.0 Å². The predicted octanol–water partition coefficient (Wildman–Crippen LogP) is 12.7. The third-order valence-corrected chi connectivity index (χ3v) is 10.2. The summed E-state index contributed by atoms with van der Waals surface area (Å²) in [4.78, 5) is 2.39. The van der Waals surface area contributed by atoms with Gasteiger partial charge in [0, 0.05) is 33.6 Å². The molecule has 0 spiro atoms. The average Bonchev–Trinajstić information content (AvgIpc) is 3.66. The van der Waals surface area contributed by atoms with Crippen molar-refractivity contribution in [1.29, 1.82) is 0 Å². The fraction of sp³-hybridized carbons (Fsp3) is 0.0638. The van der Waals surface area contributed by atoms with Crippen LogP contribution in [0.2, 0.25) is 0 Å². The first-order chi connectivity index (χ1) is 24.1. The van der Waals surface area contributed by atoms with Crippen LogP contribution in [0.4, 0.5) is 17.1 Å². The van der Waals surface area contributed by atoms with Gasteiger partial charge in [-0.15, -0.1) is 0 Å². The van der Waals surface area contributed by atoms with Gasteiger partial charge >= 0.3 is 0 Å². The summed E-state index contributed by atoms with van der Waals surface area (Å²) in [6, 6.07) is 66.0. The van der Waals surface area contributed by atoms with E-state index in [9.17, 15) is 0 Å². The van der Waals surface area contributed by atoms with Gasteiger partial charge in [0.1, 0.15) is 0 Å². The Morgan fingerprint density at radius 1 is 0.429 bits per heavy atom. The molecule has 9 rings (SSSR count). The molecule has 2 nitrogen and oxygen atoms in total. The van der Waals surface area contributed by atoms with Crippen molar-refractivity contribution in [2.75, 3.05) is 4.90 Å². The molecule has 0 aliphatic heterocycles. The van der Waals surface area contributed by atoms with Gasteiger partial charge in [0.25, 0.3) is 0 Å². The molecule has 1 heterocycles. The number of fused-ring (bicyclic) bond motifs is 4. The van der Waals surface area contributed by atoms with Crippen LogP contribution < -0.4 is 4.90 Å². The molecule has 0 unspecified atom stereocenters. The van der Waals surface area contributed by atoms with E-state index in [1.54, 1.807) is 0 Å². The predicted molar refractivity (Wildman–Crippen MR) is 206 cm³/mol. The molecule has 0 atom stereocenters. The second-order valence-electron chi connectivity index (χ2n) is 13.5. The molecule has 2 heteroatoms. The number of nitrogens with zero attached hydrogens (tertiary/aromatic N) is 2. The number of hydrogen-bond donors (Lipinski definition) is 0. The molecule has 0 fully saturated rings. The Bertz CT molecular complexity index is 2430. The zero-order valence-electron chi connectivity index (χ0n) is 27.7. The van der Waals surface area contributed by atoms with Gasteiger partial charge in [-0.05, 0) is 99.6 Å². The van der Waals surface area contributed by atoms with Crippen LogP contribution in [-0.2, 0) is 5.41 Å². The van der Waals surface area contributed by atoms with Gasteiger partial charge in [0.05, 0.1) is 11.2 Å². The monoisotopic (exact) mass is 628 g/mol. The largest absolute Gasteiger partial charge is 0.310 e. The van der Waals surface area contributed by atoms with E-state index in [0.29, 0.717) is 0 Å². The highest BCUT2D eigenvalue weighted by Crippen LogP contribution is 2.50. The fourth-order valence-electron chi connectivity index (χ4n) is 7.72. The minimum Gasteiger partial charge on any atom is -0.310 e. The van der Waals surface area contributed by atoms with Crippen molar-refractivity contribution in [2.24, 2.45) is 0 Å². The number of anilines is 3. The first-order valence-corrected chi connectivity index (χ1v) is 17.0. The zero-order valence-corrected chi connectivity index (χ0v) is 27.7. The highest BCUT2D eigenvalue weighted by Gasteiger charge is 2.35. The number of benzene rings is 7. The Hall–Kier alpha value is -6.12. The normalized spacial score (nSPS) is 12.9. The molecule has 0 saturated heterocycles. The second kappa shape index (κ2) is 11.5. The van der Waals surface area contributed by atoms with Crippen LogP contribution >= 0.6 is 0 Å². The molecule has 7 aromatic carbocycles. The topological polar surface area (TPSA) is 8.17 Å². The minimum atomic E-state index is -0.0838. The maximum atomic E-state index is 2.40. The highest BCUT2D eigenvalue weighted by atomic mass is 15.1. The van der Waals surface area contributed by atoms with E-state index in [1.807, 2.05) is 0 Å². The first-order valence-electron chi connectivity index (χ1n) is 17.0. The van der Waals surface area contributed by atoms with Crippen molar-refractivity contribution in [3.8, 4) is 39.2 Å². The van der Waals surface area contributed by atoms with Gasteiger partial charge in [-0.2, -0.15) is 0 Å². The van der Waals surface area contributed by atoms with Crippen LogP contribution in [0.1, 0.15) is 25.0 Å². The molecule has 8 aromatic rings. The maximum Gasteiger partial charge on any atom is 0.0541 e. The molecule has 49 heavy (non-hydrogen) atoms. The van der Waals surface area contributed by atoms with Crippen LogP contribution in [-0.4, -0.2) is 4.57 Å². The number of para-hydroxylation sites is 2. The van der Waals surface area contributed by atoms with Gasteiger partial charge in [-0.25, -0.2) is 0 Å². The summed E-state index contributed by atoms with van der Waals surface area (Å²) in [6.07, 6.45) is 0. The smallest absolute Gasteiger partial charge is 0.0541 e. The lowest BCUT2D eigenvalue weighted by atomic mass is 9.82. The van der Waals surface area contributed by atoms with Gasteiger partial charge in [0.15, 0.2) is 0 Å². The molecule has 0 amide bonds. The fourth-order valence-corrected chi connectivity index (χ4v) is 7.72. The molecule has 0 bridgehead atoms. The maximum absolute atomic E-state index is 2.40. The van der Waals surface area contributed by atoms with E-state index in [1.165, 1.54) is 55.5 Å². The quantitative estimate of drug-likeness (QED) is 0.178. The molecule has 0 saturated carbocycles. The summed E-state index contributed by atoms with van der Waals surface area (Å²) in [5, 5.41) is 1.23. The van der Waals surface area contributed by atoms with Crippen LogP contribution in [0.3, 0.4) is 0 Å². The number of aromatic nitrogens is 1. The average molecular weight is 629 g/mol. The number of hydrogen-bond acceptors (Lipinski definition) is 1. The Morgan fingerprint density at radius 2 is 0.980 bits per heavy atom. The van der Waals surface area contributed by atoms with Crippen LogP contribution in [0, 0.1) is 0 Å². The van der Waals surface area contributed by atoms with Crippen molar-refractivity contribution < 1.29 is 0 Å². The minimum absolute atomic E-state index is 0.0838.